The van der Waals surface area contributed by atoms with Crippen LogP contribution < -0.4 is 0 Å². The Labute approximate surface area is 219 Å². The Kier molecular flexibility index (Phi) is 5.92. The third-order valence-corrected chi connectivity index (χ3v) is 10.6. The number of aromatic nitrogens is 2. The molecule has 1 N–H and O–H groups in total. The topological polar surface area (TPSA) is 116 Å². The predicted octanol–water partition coefficient (Wildman–Crippen LogP) is 3.38. The summed E-state index contributed by atoms with van der Waals surface area (Å²) in [6, 6.07) is 1.38. The van der Waals surface area contributed by atoms with Crippen LogP contribution in [0.15, 0.2) is 42.4 Å². The van der Waals surface area contributed by atoms with E-state index in [4.69, 9.17) is 21.1 Å². The predicted molar refractivity (Wildman–Crippen MR) is 130 cm³/mol. The van der Waals surface area contributed by atoms with Gasteiger partial charge in [-0.3, -0.25) is 4.79 Å². The maximum atomic E-state index is 15.7. The molecule has 5 rings (SSSR count). The second-order valence-corrected chi connectivity index (χ2v) is 11.8. The van der Waals surface area contributed by atoms with E-state index in [1.165, 1.54) is 37.9 Å². The van der Waals surface area contributed by atoms with Crippen molar-refractivity contribution in [3.63, 3.8) is 0 Å². The number of fused-ring (bicyclic) bond motifs is 5. The molecule has 0 spiro atoms. The number of hydrogen-bond donors (Lipinski definition) is 1. The SMILES string of the molecule is COC(=O)[C@@]1(OC(=O)c2ccncn2)[C@H](C)CC2C3C[C@H](F)C4=CC(=O)C=C[C@]4(C)[C@@]3(Cl)[C@@H](O)C[C@@]21C. The van der Waals surface area contributed by atoms with Crippen LogP contribution in [0.25, 0.3) is 0 Å². The average Bonchev–Trinajstić information content (AvgIpc) is 3.09. The molecule has 2 unspecified atom stereocenters. The zero-order valence-corrected chi connectivity index (χ0v) is 21.9. The maximum absolute atomic E-state index is 15.7. The molecule has 9 atom stereocenters. The molecule has 0 aromatic carbocycles. The van der Waals surface area contributed by atoms with Crippen molar-refractivity contribution in [3.8, 4) is 0 Å². The number of ketones is 1. The van der Waals surface area contributed by atoms with Crippen LogP contribution >= 0.6 is 11.6 Å². The number of halogens is 2. The summed E-state index contributed by atoms with van der Waals surface area (Å²) >= 11 is 7.38. The number of aliphatic hydroxyl groups is 1. The number of aliphatic hydroxyl groups excluding tert-OH is 1. The van der Waals surface area contributed by atoms with Gasteiger partial charge in [-0.1, -0.05) is 26.8 Å². The minimum Gasteiger partial charge on any atom is -0.466 e. The lowest BCUT2D eigenvalue weighted by molar-refractivity contribution is -0.199. The summed E-state index contributed by atoms with van der Waals surface area (Å²) in [7, 11) is 1.22. The fourth-order valence-corrected chi connectivity index (χ4v) is 8.47. The summed E-state index contributed by atoms with van der Waals surface area (Å²) in [4.78, 5) is 45.3. The van der Waals surface area contributed by atoms with Gasteiger partial charge in [0.25, 0.3) is 0 Å². The zero-order chi connectivity index (χ0) is 27.0. The van der Waals surface area contributed by atoms with Crippen LogP contribution in [0, 0.1) is 28.6 Å². The molecule has 1 aromatic rings. The minimum atomic E-state index is -1.77. The first-order valence-electron chi connectivity index (χ1n) is 12.4. The van der Waals surface area contributed by atoms with Gasteiger partial charge in [0.2, 0.25) is 5.60 Å². The van der Waals surface area contributed by atoms with E-state index in [1.807, 2.05) is 0 Å². The quantitative estimate of drug-likeness (QED) is 0.465. The molecule has 3 saturated carbocycles. The van der Waals surface area contributed by atoms with Crippen LogP contribution in [0.2, 0.25) is 0 Å². The molecule has 10 heteroatoms. The van der Waals surface area contributed by atoms with Crippen LogP contribution in [0.5, 0.6) is 0 Å². The maximum Gasteiger partial charge on any atom is 0.358 e. The smallest absolute Gasteiger partial charge is 0.358 e. The van der Waals surface area contributed by atoms with Crippen molar-refractivity contribution in [3.05, 3.63) is 48.1 Å². The molecular formula is C27H30ClFN2O6. The van der Waals surface area contributed by atoms with E-state index < -0.39 is 63.3 Å². The molecule has 4 aliphatic rings. The Morgan fingerprint density at radius 3 is 2.62 bits per heavy atom. The van der Waals surface area contributed by atoms with Gasteiger partial charge in [0, 0.05) is 22.9 Å². The van der Waals surface area contributed by atoms with E-state index in [0.717, 1.165) is 0 Å². The largest absolute Gasteiger partial charge is 0.466 e. The first-order chi connectivity index (χ1) is 17.4. The molecule has 0 aliphatic heterocycles. The number of esters is 2. The second kappa shape index (κ2) is 8.43. The Hall–Kier alpha value is -2.65. The Bertz CT molecular complexity index is 1220. The number of hydrogen-bond acceptors (Lipinski definition) is 8. The van der Waals surface area contributed by atoms with Crippen molar-refractivity contribution < 1.29 is 33.4 Å². The molecule has 1 heterocycles. The molecule has 37 heavy (non-hydrogen) atoms. The number of allylic oxidation sites excluding steroid dienone is 4. The summed E-state index contributed by atoms with van der Waals surface area (Å²) in [6.45, 7) is 5.32. The molecule has 3 fully saturated rings. The van der Waals surface area contributed by atoms with Gasteiger partial charge >= 0.3 is 11.9 Å². The number of nitrogens with zero attached hydrogens (tertiary/aromatic N) is 2. The van der Waals surface area contributed by atoms with Gasteiger partial charge in [-0.25, -0.2) is 23.9 Å². The number of alkyl halides is 2. The third-order valence-electron chi connectivity index (χ3n) is 9.70. The Morgan fingerprint density at radius 1 is 1.24 bits per heavy atom. The highest BCUT2D eigenvalue weighted by atomic mass is 35.5. The molecule has 0 bridgehead atoms. The van der Waals surface area contributed by atoms with E-state index in [-0.39, 0.29) is 29.9 Å². The number of rotatable bonds is 3. The fourth-order valence-electron chi connectivity index (χ4n) is 7.98. The normalized spacial score (nSPS) is 44.2. The first-order valence-corrected chi connectivity index (χ1v) is 12.8. The number of methoxy groups -OCH3 is 1. The highest BCUT2D eigenvalue weighted by molar-refractivity contribution is 6.26. The number of ether oxygens (including phenoxy) is 2. The lowest BCUT2D eigenvalue weighted by atomic mass is 9.45. The standard InChI is InChI=1S/C27H30ClFN2O6/c1-14-9-16-17-11-19(29)18-10-15(32)5-7-24(18,2)26(17,28)21(33)12-25(16,3)27(14,23(35)36-4)37-22(34)20-6-8-30-13-31-20/h5-8,10,13-14,16-17,19,21,33H,9,11-12H2,1-4H3/t14-,16?,17?,19+,21+,24+,25+,26+,27+/m1/s1. The molecule has 4 aliphatic carbocycles. The van der Waals surface area contributed by atoms with Crippen LogP contribution in [-0.2, 0) is 19.1 Å². The highest BCUT2D eigenvalue weighted by Crippen LogP contribution is 2.72. The lowest BCUT2D eigenvalue weighted by Crippen LogP contribution is -2.70. The van der Waals surface area contributed by atoms with E-state index in [1.54, 1.807) is 26.8 Å². The summed E-state index contributed by atoms with van der Waals surface area (Å²) in [5, 5.41) is 11.7. The van der Waals surface area contributed by atoms with E-state index in [9.17, 15) is 19.5 Å². The molecule has 0 radical (unpaired) electrons. The van der Waals surface area contributed by atoms with Gasteiger partial charge in [0.05, 0.1) is 18.1 Å². The molecular weight excluding hydrogens is 503 g/mol. The van der Waals surface area contributed by atoms with Gasteiger partial charge in [-0.05, 0) is 54.9 Å². The van der Waals surface area contributed by atoms with Crippen LogP contribution in [0.4, 0.5) is 4.39 Å². The van der Waals surface area contributed by atoms with E-state index in [2.05, 4.69) is 9.97 Å². The zero-order valence-electron chi connectivity index (χ0n) is 21.1. The van der Waals surface area contributed by atoms with Crippen molar-refractivity contribution in [2.75, 3.05) is 7.11 Å². The Morgan fingerprint density at radius 2 is 1.97 bits per heavy atom. The Balaban J connectivity index is 1.63. The van der Waals surface area contributed by atoms with E-state index >= 15 is 4.39 Å². The fraction of sp³-hybridized carbons (Fsp3) is 0.593. The minimum absolute atomic E-state index is 0.00420. The van der Waals surface area contributed by atoms with E-state index in [0.29, 0.717) is 6.42 Å². The molecule has 198 valence electrons. The monoisotopic (exact) mass is 532 g/mol. The molecule has 1 aromatic heterocycles. The van der Waals surface area contributed by atoms with Crippen molar-refractivity contribution in [1.82, 2.24) is 9.97 Å². The number of carbonyl (C=O) groups excluding carboxylic acids is 3. The first kappa shape index (κ1) is 26.0. The van der Waals surface area contributed by atoms with Gasteiger partial charge in [-0.2, -0.15) is 0 Å². The van der Waals surface area contributed by atoms with Crippen molar-refractivity contribution >= 4 is 29.3 Å². The summed E-state index contributed by atoms with van der Waals surface area (Å²) in [5.41, 5.74) is -3.79. The van der Waals surface area contributed by atoms with Crippen molar-refractivity contribution in [2.45, 2.75) is 62.8 Å². The third kappa shape index (κ3) is 3.19. The van der Waals surface area contributed by atoms with Gasteiger partial charge in [0.1, 0.15) is 12.5 Å². The summed E-state index contributed by atoms with van der Waals surface area (Å²) in [5.74, 6) is -3.41. The highest BCUT2D eigenvalue weighted by Gasteiger charge is 2.78. The van der Waals surface area contributed by atoms with Crippen LogP contribution in [0.1, 0.15) is 50.5 Å². The van der Waals surface area contributed by atoms with Crippen LogP contribution in [0.3, 0.4) is 0 Å². The molecule has 0 amide bonds. The number of carbonyl (C=O) groups is 3. The molecule has 0 saturated heterocycles. The second-order valence-electron chi connectivity index (χ2n) is 11.2. The lowest BCUT2D eigenvalue weighted by Gasteiger charge is -2.64. The summed E-state index contributed by atoms with van der Waals surface area (Å²) in [6.07, 6.45) is 4.51. The molecule has 8 nitrogen and oxygen atoms in total. The summed E-state index contributed by atoms with van der Waals surface area (Å²) < 4.78 is 27.0. The van der Waals surface area contributed by atoms with Gasteiger partial charge < -0.3 is 14.6 Å². The van der Waals surface area contributed by atoms with Gasteiger partial charge in [0.15, 0.2) is 11.5 Å². The van der Waals surface area contributed by atoms with Gasteiger partial charge in [-0.15, -0.1) is 11.6 Å². The van der Waals surface area contributed by atoms with Crippen LogP contribution in [-0.4, -0.2) is 62.7 Å². The van der Waals surface area contributed by atoms with Crippen molar-refractivity contribution in [2.24, 2.45) is 28.6 Å². The average molecular weight is 533 g/mol. The van der Waals surface area contributed by atoms with Crippen molar-refractivity contribution in [1.29, 1.82) is 0 Å².